The van der Waals surface area contributed by atoms with Gasteiger partial charge in [0.1, 0.15) is 23.8 Å². The highest BCUT2D eigenvalue weighted by Crippen LogP contribution is 2.26. The number of nitrogens with zero attached hydrogens (tertiary/aromatic N) is 3. The molecule has 4 aromatic rings. The average Bonchev–Trinajstić information content (AvgIpc) is 3.15. The Hall–Kier alpha value is -4.46. The predicted octanol–water partition coefficient (Wildman–Crippen LogP) is 3.98. The van der Waals surface area contributed by atoms with Crippen molar-refractivity contribution in [3.63, 3.8) is 0 Å². The molecule has 0 unspecified atom stereocenters. The monoisotopic (exact) mass is 428 g/mol. The molecule has 0 aliphatic carbocycles. The van der Waals surface area contributed by atoms with Crippen molar-refractivity contribution in [2.75, 3.05) is 0 Å². The number of amides is 1. The van der Waals surface area contributed by atoms with Crippen LogP contribution in [0, 0.1) is 0 Å². The molecule has 0 spiro atoms. The van der Waals surface area contributed by atoms with Crippen molar-refractivity contribution in [3.8, 4) is 11.4 Å². The number of ether oxygens (including phenoxy) is 1. The number of amidine groups is 1. The number of nitrogens with two attached hydrogens (primary N) is 1. The minimum Gasteiger partial charge on any atom is -0.478 e. The van der Waals surface area contributed by atoms with E-state index in [1.807, 2.05) is 48.0 Å². The maximum atomic E-state index is 12.0. The summed E-state index contributed by atoms with van der Waals surface area (Å²) in [5, 5.41) is 9.41. The highest BCUT2D eigenvalue weighted by atomic mass is 16.5. The van der Waals surface area contributed by atoms with Gasteiger partial charge in [0.2, 0.25) is 0 Å². The maximum Gasteiger partial charge on any atom is 0.435 e. The summed E-state index contributed by atoms with van der Waals surface area (Å²) in [7, 11) is 1.82. The van der Waals surface area contributed by atoms with Crippen LogP contribution in [0.3, 0.4) is 0 Å². The molecule has 3 N–H and O–H groups in total. The van der Waals surface area contributed by atoms with Gasteiger partial charge in [-0.05, 0) is 17.7 Å². The van der Waals surface area contributed by atoms with Crippen molar-refractivity contribution in [2.24, 2.45) is 17.8 Å². The van der Waals surface area contributed by atoms with E-state index in [9.17, 15) is 14.7 Å². The second-order valence-electron chi connectivity index (χ2n) is 7.09. The maximum absolute atomic E-state index is 12.0. The fourth-order valence-electron chi connectivity index (χ4n) is 3.35. The highest BCUT2D eigenvalue weighted by Gasteiger charge is 2.16. The number of carbonyl (C=O) groups excluding carboxylic acids is 1. The van der Waals surface area contributed by atoms with E-state index in [0.717, 1.165) is 11.1 Å². The van der Waals surface area contributed by atoms with Gasteiger partial charge in [-0.1, -0.05) is 60.7 Å². The molecule has 8 heteroatoms. The number of hydrogen-bond acceptors (Lipinski definition) is 4. The molecule has 0 aliphatic heterocycles. The van der Waals surface area contributed by atoms with Crippen molar-refractivity contribution in [3.05, 3.63) is 89.5 Å². The number of rotatable bonds is 5. The van der Waals surface area contributed by atoms with E-state index < -0.39 is 12.1 Å². The summed E-state index contributed by atoms with van der Waals surface area (Å²) in [5.74, 6) is -0.385. The van der Waals surface area contributed by atoms with Gasteiger partial charge in [0.15, 0.2) is 0 Å². The van der Waals surface area contributed by atoms with Gasteiger partial charge in [0, 0.05) is 18.2 Å². The van der Waals surface area contributed by atoms with Gasteiger partial charge in [0.05, 0.1) is 11.1 Å². The van der Waals surface area contributed by atoms with Crippen LogP contribution < -0.4 is 5.73 Å². The Balaban J connectivity index is 1.53. The van der Waals surface area contributed by atoms with Crippen LogP contribution >= 0.6 is 0 Å². The van der Waals surface area contributed by atoms with E-state index in [1.165, 1.54) is 6.07 Å². The van der Waals surface area contributed by atoms with Crippen LogP contribution in [0.15, 0.2) is 77.8 Å². The van der Waals surface area contributed by atoms with Gasteiger partial charge in [-0.2, -0.15) is 4.99 Å². The molecule has 0 bridgehead atoms. The first-order valence-corrected chi connectivity index (χ1v) is 9.78. The lowest BCUT2D eigenvalue weighted by atomic mass is 10.1. The van der Waals surface area contributed by atoms with Crippen molar-refractivity contribution < 1.29 is 19.4 Å². The van der Waals surface area contributed by atoms with Crippen LogP contribution in [0.2, 0.25) is 0 Å². The zero-order valence-corrected chi connectivity index (χ0v) is 17.2. The van der Waals surface area contributed by atoms with Crippen LogP contribution in [0.5, 0.6) is 0 Å². The molecule has 3 aromatic carbocycles. The summed E-state index contributed by atoms with van der Waals surface area (Å²) in [5.41, 5.74) is 9.41. The fourth-order valence-corrected chi connectivity index (χ4v) is 3.35. The number of aromatic nitrogens is 2. The first-order chi connectivity index (χ1) is 15.4. The summed E-state index contributed by atoms with van der Waals surface area (Å²) in [4.78, 5) is 31.8. The third kappa shape index (κ3) is 4.20. The van der Waals surface area contributed by atoms with Gasteiger partial charge in [-0.3, -0.25) is 0 Å². The number of carboxylic acids is 1. The second-order valence-corrected chi connectivity index (χ2v) is 7.09. The van der Waals surface area contributed by atoms with E-state index in [0.29, 0.717) is 22.4 Å². The molecular formula is C24H20N4O4. The van der Waals surface area contributed by atoms with Gasteiger partial charge >= 0.3 is 12.1 Å². The van der Waals surface area contributed by atoms with Gasteiger partial charge in [-0.25, -0.2) is 14.6 Å². The smallest absolute Gasteiger partial charge is 0.435 e. The predicted molar refractivity (Wildman–Crippen MR) is 120 cm³/mol. The molecule has 8 nitrogen and oxygen atoms in total. The number of fused-ring (bicyclic) bond motifs is 1. The molecule has 4 rings (SSSR count). The Morgan fingerprint density at radius 2 is 1.75 bits per heavy atom. The lowest BCUT2D eigenvalue weighted by Crippen LogP contribution is -2.16. The molecule has 0 radical (unpaired) electrons. The van der Waals surface area contributed by atoms with Crippen molar-refractivity contribution >= 4 is 28.9 Å². The first-order valence-electron chi connectivity index (χ1n) is 9.78. The summed E-state index contributed by atoms with van der Waals surface area (Å²) in [6.07, 6.45) is -0.771. The van der Waals surface area contributed by atoms with Gasteiger partial charge < -0.3 is 20.1 Å². The Labute approximate surface area is 183 Å². The zero-order chi connectivity index (χ0) is 22.7. The molecule has 0 atom stereocenters. The largest absolute Gasteiger partial charge is 0.478 e. The third-order valence-electron chi connectivity index (χ3n) is 5.00. The summed E-state index contributed by atoms with van der Waals surface area (Å²) >= 11 is 0. The standard InChI is InChI=1S/C24H20N4O4/c1-28-19-9-5-8-18(23(29)30)20(19)26-22(28)17-12-10-16(11-13-17)21(25)27-24(31)32-14-15-6-3-2-4-7-15/h2-13H,14H2,1H3,(H,29,30)(H2,25,27,31). The quantitative estimate of drug-likeness (QED) is 0.366. The van der Waals surface area contributed by atoms with Crippen molar-refractivity contribution in [2.45, 2.75) is 6.61 Å². The minimum absolute atomic E-state index is 0.0350. The second kappa shape index (κ2) is 8.73. The average molecular weight is 428 g/mol. The molecule has 0 saturated carbocycles. The number of aliphatic imine (C=N–C) groups is 1. The molecule has 32 heavy (non-hydrogen) atoms. The van der Waals surface area contributed by atoms with Crippen LogP contribution in [-0.4, -0.2) is 32.6 Å². The Morgan fingerprint density at radius 1 is 1.03 bits per heavy atom. The minimum atomic E-state index is -1.03. The van der Waals surface area contributed by atoms with E-state index >= 15 is 0 Å². The molecule has 1 aromatic heterocycles. The number of carbonyl (C=O) groups is 2. The molecule has 160 valence electrons. The van der Waals surface area contributed by atoms with E-state index in [1.54, 1.807) is 30.3 Å². The Bertz CT molecular complexity index is 1330. The lowest BCUT2D eigenvalue weighted by molar-refractivity contribution is 0.0698. The highest BCUT2D eigenvalue weighted by molar-refractivity contribution is 6.03. The van der Waals surface area contributed by atoms with E-state index in [-0.39, 0.29) is 18.0 Å². The van der Waals surface area contributed by atoms with Gasteiger partial charge in [-0.15, -0.1) is 0 Å². The summed E-state index contributed by atoms with van der Waals surface area (Å²) in [6, 6.07) is 21.3. The van der Waals surface area contributed by atoms with Crippen molar-refractivity contribution in [1.82, 2.24) is 9.55 Å². The molecule has 1 heterocycles. The summed E-state index contributed by atoms with van der Waals surface area (Å²) in [6.45, 7) is 0.112. The molecular weight excluding hydrogens is 408 g/mol. The molecule has 0 fully saturated rings. The van der Waals surface area contributed by atoms with Crippen LogP contribution in [0.25, 0.3) is 22.4 Å². The van der Waals surface area contributed by atoms with Gasteiger partial charge in [0.25, 0.3) is 0 Å². The van der Waals surface area contributed by atoms with Crippen molar-refractivity contribution in [1.29, 1.82) is 0 Å². The fraction of sp³-hybridized carbons (Fsp3) is 0.0833. The normalized spacial score (nSPS) is 11.5. The third-order valence-corrected chi connectivity index (χ3v) is 5.00. The summed E-state index contributed by atoms with van der Waals surface area (Å²) < 4.78 is 6.95. The topological polar surface area (TPSA) is 120 Å². The SMILES string of the molecule is Cn1c(-c2ccc(/C(N)=N\C(=O)OCc3ccccc3)cc2)nc2c(C(=O)O)cccc21. The Kier molecular flexibility index (Phi) is 5.67. The van der Waals surface area contributed by atoms with Crippen LogP contribution in [0.4, 0.5) is 4.79 Å². The van der Waals surface area contributed by atoms with E-state index in [4.69, 9.17) is 10.5 Å². The number of para-hydroxylation sites is 1. The van der Waals surface area contributed by atoms with E-state index in [2.05, 4.69) is 9.98 Å². The molecule has 0 saturated heterocycles. The van der Waals surface area contributed by atoms with Crippen LogP contribution in [0.1, 0.15) is 21.5 Å². The first kappa shape index (κ1) is 20.8. The number of benzene rings is 3. The van der Waals surface area contributed by atoms with Crippen LogP contribution in [-0.2, 0) is 18.4 Å². The number of hydrogen-bond donors (Lipinski definition) is 2. The number of carboxylic acid groups (broad SMARTS) is 1. The molecule has 0 aliphatic rings. The number of imidazole rings is 1. The lowest BCUT2D eigenvalue weighted by Gasteiger charge is -2.05. The number of aromatic carboxylic acids is 1. The Morgan fingerprint density at radius 3 is 2.44 bits per heavy atom. The number of aryl methyl sites for hydroxylation is 1. The molecule has 1 amide bonds. The zero-order valence-electron chi connectivity index (χ0n) is 17.2.